The number of benzene rings is 1. The van der Waals surface area contributed by atoms with Crippen LogP contribution in [0.2, 0.25) is 0 Å². The van der Waals surface area contributed by atoms with Crippen LogP contribution in [0.5, 0.6) is 5.75 Å². The normalized spacial score (nSPS) is 15.4. The average molecular weight is 452 g/mol. The van der Waals surface area contributed by atoms with Gasteiger partial charge in [0.2, 0.25) is 5.95 Å². The number of carbonyl (C=O) groups is 1. The third-order valence-electron chi connectivity index (χ3n) is 5.60. The van der Waals surface area contributed by atoms with E-state index in [-0.39, 0.29) is 18.5 Å². The van der Waals surface area contributed by atoms with Crippen molar-refractivity contribution in [2.24, 2.45) is 0 Å². The molecule has 5 rings (SSSR count). The minimum atomic E-state index is -0.562. The molecule has 1 N–H and O–H groups in total. The Bertz CT molecular complexity index is 1260. The summed E-state index contributed by atoms with van der Waals surface area (Å²) in [6.45, 7) is 6.85. The van der Waals surface area contributed by atoms with E-state index in [4.69, 9.17) is 9.47 Å². The highest BCUT2D eigenvalue weighted by Gasteiger charge is 2.26. The molecule has 172 valence electrons. The predicted molar refractivity (Wildman–Crippen MR) is 119 cm³/mol. The lowest BCUT2D eigenvalue weighted by Crippen LogP contribution is -2.32. The summed E-state index contributed by atoms with van der Waals surface area (Å²) in [7, 11) is 0. The molecule has 0 atom stereocenters. The Kier molecular flexibility index (Phi) is 5.15. The van der Waals surface area contributed by atoms with Crippen molar-refractivity contribution in [1.82, 2.24) is 24.5 Å². The lowest BCUT2D eigenvalue weighted by Gasteiger charge is -2.23. The van der Waals surface area contributed by atoms with Gasteiger partial charge in [0.05, 0.1) is 6.61 Å². The van der Waals surface area contributed by atoms with Crippen molar-refractivity contribution in [1.29, 1.82) is 0 Å². The van der Waals surface area contributed by atoms with E-state index in [0.29, 0.717) is 43.2 Å². The Hall–Kier alpha value is -3.69. The molecule has 0 unspecified atom stereocenters. The van der Waals surface area contributed by atoms with E-state index in [9.17, 15) is 9.18 Å². The summed E-state index contributed by atoms with van der Waals surface area (Å²) in [6.07, 6.45) is 5.98. The van der Waals surface area contributed by atoms with E-state index in [2.05, 4.69) is 20.5 Å². The van der Waals surface area contributed by atoms with E-state index < -0.39 is 5.60 Å². The summed E-state index contributed by atoms with van der Waals surface area (Å²) in [5.74, 6) is 0.952. The number of carbonyl (C=O) groups excluding carboxylic acids is 1. The molecule has 0 saturated carbocycles. The summed E-state index contributed by atoms with van der Waals surface area (Å²) in [5, 5.41) is 11.5. The number of nitrogens with one attached hydrogen (secondary N) is 1. The molecule has 0 radical (unpaired) electrons. The summed E-state index contributed by atoms with van der Waals surface area (Å²) < 4.78 is 27.2. The third-order valence-corrected chi connectivity index (χ3v) is 5.60. The lowest BCUT2D eigenvalue weighted by atomic mass is 10.0. The second kappa shape index (κ2) is 8.02. The smallest absolute Gasteiger partial charge is 0.414 e. The van der Waals surface area contributed by atoms with E-state index in [1.54, 1.807) is 34.1 Å². The molecule has 2 aliphatic heterocycles. The molecule has 0 fully saturated rings. The number of amides is 1. The summed E-state index contributed by atoms with van der Waals surface area (Å²) in [5.41, 5.74) is 3.20. The molecule has 3 aromatic rings. The Morgan fingerprint density at radius 1 is 1.30 bits per heavy atom. The summed E-state index contributed by atoms with van der Waals surface area (Å²) >= 11 is 0. The van der Waals surface area contributed by atoms with Crippen LogP contribution in [0, 0.1) is 5.82 Å². The first-order chi connectivity index (χ1) is 15.8. The first-order valence-corrected chi connectivity index (χ1v) is 10.9. The van der Waals surface area contributed by atoms with Crippen molar-refractivity contribution in [2.45, 2.75) is 45.8 Å². The van der Waals surface area contributed by atoms with Gasteiger partial charge in [0.25, 0.3) is 0 Å². The molecule has 1 aromatic carbocycles. The van der Waals surface area contributed by atoms with Crippen LogP contribution in [0.1, 0.15) is 43.9 Å². The van der Waals surface area contributed by atoms with Crippen molar-refractivity contribution in [3.63, 3.8) is 0 Å². The number of anilines is 1. The maximum atomic E-state index is 14.5. The van der Waals surface area contributed by atoms with Crippen LogP contribution < -0.4 is 10.1 Å². The fourth-order valence-electron chi connectivity index (χ4n) is 4.08. The van der Waals surface area contributed by atoms with Crippen LogP contribution in [0.25, 0.3) is 11.2 Å². The fourth-order valence-corrected chi connectivity index (χ4v) is 4.08. The number of nitrogens with zero attached hydrogens (tertiary/aromatic N) is 5. The Morgan fingerprint density at radius 3 is 2.97 bits per heavy atom. The molecule has 9 nitrogen and oxygen atoms in total. The van der Waals surface area contributed by atoms with Gasteiger partial charge in [0.15, 0.2) is 5.65 Å². The molecule has 0 saturated heterocycles. The van der Waals surface area contributed by atoms with Crippen LogP contribution in [-0.2, 0) is 17.7 Å². The largest absolute Gasteiger partial charge is 0.493 e. The monoisotopic (exact) mass is 452 g/mol. The van der Waals surface area contributed by atoms with Crippen molar-refractivity contribution >= 4 is 23.3 Å². The van der Waals surface area contributed by atoms with Gasteiger partial charge >= 0.3 is 6.09 Å². The number of hydrogen-bond donors (Lipinski definition) is 1. The summed E-state index contributed by atoms with van der Waals surface area (Å²) in [4.78, 5) is 18.5. The third kappa shape index (κ3) is 4.08. The molecule has 33 heavy (non-hydrogen) atoms. The summed E-state index contributed by atoms with van der Waals surface area (Å²) in [6, 6.07) is 3.09. The molecule has 2 aliphatic rings. The van der Waals surface area contributed by atoms with E-state index in [0.717, 1.165) is 22.4 Å². The number of ether oxygens (including phenoxy) is 2. The quantitative estimate of drug-likeness (QED) is 0.644. The van der Waals surface area contributed by atoms with E-state index >= 15 is 0 Å². The van der Waals surface area contributed by atoms with Crippen molar-refractivity contribution < 1.29 is 18.7 Å². The molecular formula is C23H25FN6O3. The maximum Gasteiger partial charge on any atom is 0.414 e. The number of rotatable bonds is 4. The maximum absolute atomic E-state index is 14.5. The van der Waals surface area contributed by atoms with Gasteiger partial charge in [-0.2, -0.15) is 0 Å². The number of aromatic nitrogens is 4. The zero-order valence-corrected chi connectivity index (χ0v) is 18.8. The van der Waals surface area contributed by atoms with Gasteiger partial charge < -0.3 is 14.8 Å². The second-order valence-electron chi connectivity index (χ2n) is 9.05. The van der Waals surface area contributed by atoms with E-state index in [1.807, 2.05) is 20.8 Å². The molecule has 1 amide bonds. The van der Waals surface area contributed by atoms with Gasteiger partial charge in [-0.1, -0.05) is 0 Å². The molecule has 0 bridgehead atoms. The highest BCUT2D eigenvalue weighted by atomic mass is 19.1. The van der Waals surface area contributed by atoms with E-state index in [1.165, 1.54) is 6.07 Å². The number of hydrogen-bond acceptors (Lipinski definition) is 7. The first kappa shape index (κ1) is 21.2. The zero-order chi connectivity index (χ0) is 23.2. The molecular weight excluding hydrogens is 427 g/mol. The van der Waals surface area contributed by atoms with Gasteiger partial charge in [0, 0.05) is 48.6 Å². The molecule has 10 heteroatoms. The van der Waals surface area contributed by atoms with Crippen LogP contribution in [0.15, 0.2) is 30.9 Å². The standard InChI is InChI=1S/C23H25FN6O3/c1-23(2,3)33-22(31)29-8-6-14(12-29)16-10-25-21(30-13-27-28-20(16)30)26-11-17-15-7-9-32-19(15)5-4-18(17)24/h4-5,10,12-13H,6-9,11H2,1-3H3,(H,25,26). The van der Waals surface area contributed by atoms with Crippen LogP contribution >= 0.6 is 0 Å². The minimum Gasteiger partial charge on any atom is -0.493 e. The number of halogens is 1. The molecule has 2 aromatic heterocycles. The van der Waals surface area contributed by atoms with Crippen molar-refractivity contribution in [2.75, 3.05) is 18.5 Å². The topological polar surface area (TPSA) is 93.9 Å². The Labute approximate surface area is 190 Å². The average Bonchev–Trinajstić information content (AvgIpc) is 3.51. The SMILES string of the molecule is CC(C)(C)OC(=O)N1C=C(c2cnc(NCc3c(F)ccc4c3CCO4)n3cnnc23)CC1. The molecule has 0 aliphatic carbocycles. The van der Waals surface area contributed by atoms with Gasteiger partial charge in [-0.15, -0.1) is 10.2 Å². The van der Waals surface area contributed by atoms with Crippen LogP contribution in [-0.4, -0.2) is 49.3 Å². The lowest BCUT2D eigenvalue weighted by molar-refractivity contribution is 0.0349. The Morgan fingerprint density at radius 2 is 2.15 bits per heavy atom. The van der Waals surface area contributed by atoms with Gasteiger partial charge in [-0.05, 0) is 44.9 Å². The number of fused-ring (bicyclic) bond motifs is 2. The van der Waals surface area contributed by atoms with Gasteiger partial charge in [-0.3, -0.25) is 9.30 Å². The minimum absolute atomic E-state index is 0.257. The second-order valence-corrected chi connectivity index (χ2v) is 9.05. The predicted octanol–water partition coefficient (Wildman–Crippen LogP) is 3.79. The molecule has 0 spiro atoms. The zero-order valence-electron chi connectivity index (χ0n) is 18.8. The van der Waals surface area contributed by atoms with Crippen molar-refractivity contribution in [3.05, 3.63) is 53.4 Å². The molecule has 4 heterocycles. The van der Waals surface area contributed by atoms with Gasteiger partial charge in [-0.25, -0.2) is 14.2 Å². The van der Waals surface area contributed by atoms with Crippen LogP contribution in [0.4, 0.5) is 15.1 Å². The highest BCUT2D eigenvalue weighted by molar-refractivity contribution is 5.81. The highest BCUT2D eigenvalue weighted by Crippen LogP contribution is 2.32. The van der Waals surface area contributed by atoms with Crippen LogP contribution in [0.3, 0.4) is 0 Å². The first-order valence-electron chi connectivity index (χ1n) is 10.9. The van der Waals surface area contributed by atoms with Gasteiger partial charge in [0.1, 0.15) is 23.5 Å². The van der Waals surface area contributed by atoms with Crippen molar-refractivity contribution in [3.8, 4) is 5.75 Å². The Balaban J connectivity index is 1.39. The fraction of sp³-hybridized carbons (Fsp3) is 0.391.